The molecule has 0 spiro atoms. The number of pyridine rings is 1. The molecule has 1 heterocycles. The molecule has 2 aromatic carbocycles. The minimum Gasteiger partial charge on any atom is -0.457 e. The van der Waals surface area contributed by atoms with Crippen molar-refractivity contribution in [1.82, 2.24) is 4.98 Å². The van der Waals surface area contributed by atoms with Crippen LogP contribution in [0, 0.1) is 0 Å². The van der Waals surface area contributed by atoms with Gasteiger partial charge in [0.15, 0.2) is 0 Å². The highest BCUT2D eigenvalue weighted by Crippen LogP contribution is 2.27. The van der Waals surface area contributed by atoms with Crippen LogP contribution in [0.2, 0.25) is 0 Å². The lowest BCUT2D eigenvalue weighted by Gasteiger charge is -2.19. The van der Waals surface area contributed by atoms with Gasteiger partial charge in [-0.25, -0.2) is 4.98 Å². The van der Waals surface area contributed by atoms with E-state index in [2.05, 4.69) is 48.4 Å². The van der Waals surface area contributed by atoms with Crippen molar-refractivity contribution in [2.75, 3.05) is 5.43 Å². The summed E-state index contributed by atoms with van der Waals surface area (Å²) in [5.74, 6) is 2.34. The number of nitrogens with one attached hydrogen (secondary N) is 1. The number of ether oxygens (including phenoxy) is 1. The second kappa shape index (κ2) is 7.83. The van der Waals surface area contributed by atoms with E-state index in [1.807, 2.05) is 54.6 Å². The molecular weight excluding hydrogens is 322 g/mol. The Morgan fingerprint density at radius 2 is 1.54 bits per heavy atom. The summed E-state index contributed by atoms with van der Waals surface area (Å²) >= 11 is 0. The number of rotatable bonds is 5. The molecule has 0 radical (unpaired) electrons. The lowest BCUT2D eigenvalue weighted by molar-refractivity contribution is 0.481. The van der Waals surface area contributed by atoms with Crippen LogP contribution >= 0.6 is 0 Å². The van der Waals surface area contributed by atoms with Crippen molar-refractivity contribution >= 4 is 12.0 Å². The number of nitrogens with zero attached hydrogens (tertiary/aromatic N) is 2. The van der Waals surface area contributed by atoms with Gasteiger partial charge in [-0.2, -0.15) is 5.10 Å². The molecular formula is C22H23N3O. The zero-order valence-corrected chi connectivity index (χ0v) is 15.3. The first-order valence-electron chi connectivity index (χ1n) is 8.59. The molecule has 4 nitrogen and oxygen atoms in total. The van der Waals surface area contributed by atoms with E-state index in [0.29, 0.717) is 5.82 Å². The lowest BCUT2D eigenvalue weighted by atomic mass is 9.87. The normalized spacial score (nSPS) is 11.5. The molecule has 1 N–H and O–H groups in total. The van der Waals surface area contributed by atoms with Gasteiger partial charge in [0.25, 0.3) is 0 Å². The predicted octanol–water partition coefficient (Wildman–Crippen LogP) is 5.62. The number of hydrogen-bond donors (Lipinski definition) is 1. The van der Waals surface area contributed by atoms with Crippen LogP contribution in [0.3, 0.4) is 0 Å². The van der Waals surface area contributed by atoms with Gasteiger partial charge in [0.2, 0.25) is 0 Å². The van der Waals surface area contributed by atoms with Gasteiger partial charge in [-0.1, -0.05) is 39.0 Å². The minimum absolute atomic E-state index is 0.142. The highest BCUT2D eigenvalue weighted by Gasteiger charge is 2.13. The van der Waals surface area contributed by atoms with Gasteiger partial charge in [-0.3, -0.25) is 5.43 Å². The number of aromatic nitrogens is 1. The van der Waals surface area contributed by atoms with E-state index in [4.69, 9.17) is 4.74 Å². The van der Waals surface area contributed by atoms with Crippen molar-refractivity contribution in [2.45, 2.75) is 26.2 Å². The van der Waals surface area contributed by atoms with Crippen LogP contribution in [-0.4, -0.2) is 11.2 Å². The maximum Gasteiger partial charge on any atom is 0.146 e. The summed E-state index contributed by atoms with van der Waals surface area (Å²) in [5, 5.41) is 4.18. The van der Waals surface area contributed by atoms with Crippen LogP contribution in [0.1, 0.15) is 31.9 Å². The molecule has 0 fully saturated rings. The molecule has 0 amide bonds. The Bertz CT molecular complexity index is 849. The number of hydrazone groups is 1. The molecule has 0 aliphatic carbocycles. The van der Waals surface area contributed by atoms with E-state index in [0.717, 1.165) is 17.1 Å². The Morgan fingerprint density at radius 1 is 0.885 bits per heavy atom. The highest BCUT2D eigenvalue weighted by molar-refractivity contribution is 5.80. The number of anilines is 1. The smallest absolute Gasteiger partial charge is 0.146 e. The van der Waals surface area contributed by atoms with Gasteiger partial charge in [0.05, 0.1) is 6.21 Å². The fourth-order valence-corrected chi connectivity index (χ4v) is 2.38. The van der Waals surface area contributed by atoms with Gasteiger partial charge in [-0.15, -0.1) is 0 Å². The monoisotopic (exact) mass is 345 g/mol. The van der Waals surface area contributed by atoms with Crippen molar-refractivity contribution in [2.24, 2.45) is 5.10 Å². The van der Waals surface area contributed by atoms with Gasteiger partial charge < -0.3 is 4.74 Å². The first kappa shape index (κ1) is 17.7. The summed E-state index contributed by atoms with van der Waals surface area (Å²) in [6.07, 6.45) is 3.47. The fraction of sp³-hybridized carbons (Fsp3) is 0.182. The van der Waals surface area contributed by atoms with E-state index >= 15 is 0 Å². The average molecular weight is 345 g/mol. The number of hydrogen-bond acceptors (Lipinski definition) is 4. The molecule has 0 atom stereocenters. The molecule has 0 saturated carbocycles. The van der Waals surface area contributed by atoms with E-state index in [-0.39, 0.29) is 5.41 Å². The summed E-state index contributed by atoms with van der Waals surface area (Å²) in [5.41, 5.74) is 5.30. The second-order valence-electron chi connectivity index (χ2n) is 7.03. The van der Waals surface area contributed by atoms with Crippen LogP contribution in [0.25, 0.3) is 0 Å². The molecule has 3 rings (SSSR count). The second-order valence-corrected chi connectivity index (χ2v) is 7.03. The Kier molecular flexibility index (Phi) is 5.32. The van der Waals surface area contributed by atoms with Crippen molar-refractivity contribution in [3.05, 3.63) is 84.1 Å². The first-order valence-corrected chi connectivity index (χ1v) is 8.59. The third kappa shape index (κ3) is 4.93. The Labute approximate surface area is 154 Å². The SMILES string of the molecule is CC(C)(C)c1ccc(Oc2ccc(C=NNc3ccccn3)cc2)cc1. The minimum atomic E-state index is 0.142. The largest absolute Gasteiger partial charge is 0.457 e. The summed E-state index contributed by atoms with van der Waals surface area (Å²) in [7, 11) is 0. The van der Waals surface area contributed by atoms with Gasteiger partial charge in [0, 0.05) is 6.20 Å². The zero-order chi connectivity index (χ0) is 18.4. The third-order valence-corrected chi connectivity index (χ3v) is 3.89. The number of benzene rings is 2. The van der Waals surface area contributed by atoms with Gasteiger partial charge in [-0.05, 0) is 65.1 Å². The molecule has 132 valence electrons. The lowest BCUT2D eigenvalue weighted by Crippen LogP contribution is -2.10. The quantitative estimate of drug-likeness (QED) is 0.482. The van der Waals surface area contributed by atoms with Crippen molar-refractivity contribution < 1.29 is 4.74 Å². The van der Waals surface area contributed by atoms with Crippen molar-refractivity contribution in [3.8, 4) is 11.5 Å². The van der Waals surface area contributed by atoms with Crippen molar-refractivity contribution in [3.63, 3.8) is 0 Å². The van der Waals surface area contributed by atoms with Gasteiger partial charge >= 0.3 is 0 Å². The molecule has 26 heavy (non-hydrogen) atoms. The summed E-state index contributed by atoms with van der Waals surface area (Å²) in [4.78, 5) is 4.15. The Balaban J connectivity index is 1.59. The van der Waals surface area contributed by atoms with Crippen LogP contribution in [-0.2, 0) is 5.41 Å². The maximum absolute atomic E-state index is 5.90. The van der Waals surface area contributed by atoms with E-state index in [9.17, 15) is 0 Å². The molecule has 1 aromatic heterocycles. The van der Waals surface area contributed by atoms with Gasteiger partial charge in [0.1, 0.15) is 17.3 Å². The molecule has 0 saturated heterocycles. The zero-order valence-electron chi connectivity index (χ0n) is 15.3. The molecule has 3 aromatic rings. The first-order chi connectivity index (χ1) is 12.5. The molecule has 0 aliphatic heterocycles. The topological polar surface area (TPSA) is 46.5 Å². The standard InChI is InChI=1S/C22H23N3O/c1-22(2,3)18-9-13-20(14-10-18)26-19-11-7-17(8-12-19)16-24-25-21-6-4-5-15-23-21/h4-16H,1-3H3,(H,23,25). The van der Waals surface area contributed by atoms with Crippen LogP contribution in [0.5, 0.6) is 11.5 Å². The van der Waals surface area contributed by atoms with E-state index < -0.39 is 0 Å². The van der Waals surface area contributed by atoms with E-state index in [1.54, 1.807) is 12.4 Å². The molecule has 0 unspecified atom stereocenters. The summed E-state index contributed by atoms with van der Waals surface area (Å²) < 4.78 is 5.90. The molecule has 4 heteroatoms. The maximum atomic E-state index is 5.90. The Hall–Kier alpha value is -3.14. The van der Waals surface area contributed by atoms with Crippen LogP contribution in [0.4, 0.5) is 5.82 Å². The highest BCUT2D eigenvalue weighted by atomic mass is 16.5. The molecule has 0 aliphatic rings. The van der Waals surface area contributed by atoms with E-state index in [1.165, 1.54) is 5.56 Å². The van der Waals surface area contributed by atoms with Crippen molar-refractivity contribution in [1.29, 1.82) is 0 Å². The fourth-order valence-electron chi connectivity index (χ4n) is 2.38. The van der Waals surface area contributed by atoms with Crippen LogP contribution in [0.15, 0.2) is 78.0 Å². The molecule has 0 bridgehead atoms. The average Bonchev–Trinajstić information content (AvgIpc) is 2.64. The predicted molar refractivity (Wildman–Crippen MR) is 107 cm³/mol. The summed E-state index contributed by atoms with van der Waals surface area (Å²) in [6.45, 7) is 6.60. The summed E-state index contributed by atoms with van der Waals surface area (Å²) in [6, 6.07) is 21.7. The Morgan fingerprint density at radius 3 is 2.12 bits per heavy atom. The third-order valence-electron chi connectivity index (χ3n) is 3.89. The van der Waals surface area contributed by atoms with Crippen LogP contribution < -0.4 is 10.2 Å².